The topological polar surface area (TPSA) is 71.5 Å². The van der Waals surface area contributed by atoms with E-state index in [1.54, 1.807) is 35.4 Å². The summed E-state index contributed by atoms with van der Waals surface area (Å²) < 4.78 is 6.22. The van der Waals surface area contributed by atoms with Gasteiger partial charge in [-0.15, -0.1) is 0 Å². The number of hydrogen-bond acceptors (Lipinski definition) is 4. The fourth-order valence-electron chi connectivity index (χ4n) is 2.43. The van der Waals surface area contributed by atoms with Crippen molar-refractivity contribution in [2.45, 2.75) is 0 Å². The number of amides is 2. The number of carbonyl (C=O) groups excluding carboxylic acids is 2. The summed E-state index contributed by atoms with van der Waals surface area (Å²) in [5, 5.41) is 2.81. The third-order valence-electron chi connectivity index (χ3n) is 3.68. The van der Waals surface area contributed by atoms with E-state index in [2.05, 4.69) is 32.9 Å². The zero-order valence-electron chi connectivity index (χ0n) is 12.9. The molecule has 0 unspecified atom stereocenters. The number of rotatable bonds is 3. The second-order valence-corrected chi connectivity index (χ2v) is 6.54. The van der Waals surface area contributed by atoms with Gasteiger partial charge in [0.1, 0.15) is 0 Å². The van der Waals surface area contributed by atoms with Crippen LogP contribution in [0.2, 0.25) is 0 Å². The number of morpholine rings is 1. The first-order chi connectivity index (χ1) is 11.6. The van der Waals surface area contributed by atoms with E-state index in [1.165, 1.54) is 6.20 Å². The number of carbonyl (C=O) groups is 2. The van der Waals surface area contributed by atoms with Gasteiger partial charge < -0.3 is 15.0 Å². The molecule has 1 aromatic carbocycles. The standard InChI is InChI=1S/C17H16IN3O3/c18-13-3-4-15(20-16(22)12-2-1-5-19-11-12)14(10-13)17(23)21-6-8-24-9-7-21/h1-5,10-11H,6-9H2,(H,20,22). The molecule has 0 bridgehead atoms. The van der Waals surface area contributed by atoms with Crippen LogP contribution in [0.5, 0.6) is 0 Å². The van der Waals surface area contributed by atoms with Crippen LogP contribution in [0.15, 0.2) is 42.7 Å². The summed E-state index contributed by atoms with van der Waals surface area (Å²) >= 11 is 2.15. The highest BCUT2D eigenvalue weighted by Crippen LogP contribution is 2.22. The van der Waals surface area contributed by atoms with Crippen LogP contribution in [0.4, 0.5) is 5.69 Å². The molecule has 0 radical (unpaired) electrons. The Labute approximate surface area is 153 Å². The Morgan fingerprint density at radius 3 is 2.71 bits per heavy atom. The van der Waals surface area contributed by atoms with Crippen molar-refractivity contribution in [1.29, 1.82) is 0 Å². The quantitative estimate of drug-likeness (QED) is 0.749. The highest BCUT2D eigenvalue weighted by atomic mass is 127. The highest BCUT2D eigenvalue weighted by molar-refractivity contribution is 14.1. The minimum Gasteiger partial charge on any atom is -0.378 e. The molecule has 24 heavy (non-hydrogen) atoms. The van der Waals surface area contributed by atoms with Gasteiger partial charge in [0.05, 0.1) is 30.0 Å². The molecule has 1 fully saturated rings. The van der Waals surface area contributed by atoms with Gasteiger partial charge in [0, 0.05) is 29.1 Å². The van der Waals surface area contributed by atoms with Crippen molar-refractivity contribution >= 4 is 40.1 Å². The zero-order valence-corrected chi connectivity index (χ0v) is 15.0. The van der Waals surface area contributed by atoms with Gasteiger partial charge in [-0.05, 0) is 52.9 Å². The molecule has 0 aliphatic carbocycles. The molecule has 1 N–H and O–H groups in total. The molecule has 0 spiro atoms. The Hall–Kier alpha value is -2.00. The van der Waals surface area contributed by atoms with E-state index in [9.17, 15) is 9.59 Å². The molecular formula is C17H16IN3O3. The second kappa shape index (κ2) is 7.71. The van der Waals surface area contributed by atoms with Crippen molar-refractivity contribution in [2.75, 3.05) is 31.6 Å². The van der Waals surface area contributed by atoms with Crippen LogP contribution in [0.3, 0.4) is 0 Å². The Morgan fingerprint density at radius 1 is 1.21 bits per heavy atom. The fraction of sp³-hybridized carbons (Fsp3) is 0.235. The van der Waals surface area contributed by atoms with Crippen molar-refractivity contribution in [3.63, 3.8) is 0 Å². The van der Waals surface area contributed by atoms with Gasteiger partial charge in [0.2, 0.25) is 0 Å². The van der Waals surface area contributed by atoms with Gasteiger partial charge in [0.15, 0.2) is 0 Å². The Balaban J connectivity index is 1.85. The lowest BCUT2D eigenvalue weighted by atomic mass is 10.1. The maximum atomic E-state index is 12.8. The van der Waals surface area contributed by atoms with Gasteiger partial charge in [-0.3, -0.25) is 14.6 Å². The molecule has 6 nitrogen and oxygen atoms in total. The smallest absolute Gasteiger partial charge is 0.257 e. The average Bonchev–Trinajstić information content (AvgIpc) is 2.64. The largest absolute Gasteiger partial charge is 0.378 e. The number of aromatic nitrogens is 1. The van der Waals surface area contributed by atoms with Crippen LogP contribution in [0.25, 0.3) is 0 Å². The molecule has 3 rings (SSSR count). The maximum Gasteiger partial charge on any atom is 0.257 e. The molecule has 0 atom stereocenters. The highest BCUT2D eigenvalue weighted by Gasteiger charge is 2.22. The van der Waals surface area contributed by atoms with Crippen LogP contribution in [0.1, 0.15) is 20.7 Å². The van der Waals surface area contributed by atoms with Crippen LogP contribution in [0, 0.1) is 3.57 Å². The Bertz CT molecular complexity index is 746. The van der Waals surface area contributed by atoms with Crippen LogP contribution in [-0.4, -0.2) is 48.0 Å². The third-order valence-corrected chi connectivity index (χ3v) is 4.35. The molecule has 2 heterocycles. The van der Waals surface area contributed by atoms with E-state index in [0.717, 1.165) is 3.57 Å². The molecule has 2 amide bonds. The van der Waals surface area contributed by atoms with Gasteiger partial charge in [-0.1, -0.05) is 0 Å². The minimum absolute atomic E-state index is 0.0988. The predicted octanol–water partition coefficient (Wildman–Crippen LogP) is 2.41. The first kappa shape index (κ1) is 16.8. The molecule has 1 saturated heterocycles. The van der Waals surface area contributed by atoms with E-state index in [-0.39, 0.29) is 11.8 Å². The molecule has 0 saturated carbocycles. The normalized spacial score (nSPS) is 14.3. The van der Waals surface area contributed by atoms with E-state index in [0.29, 0.717) is 43.1 Å². The molecule has 7 heteroatoms. The summed E-state index contributed by atoms with van der Waals surface area (Å²) in [6.45, 7) is 2.18. The summed E-state index contributed by atoms with van der Waals surface area (Å²) in [7, 11) is 0. The van der Waals surface area contributed by atoms with E-state index >= 15 is 0 Å². The molecule has 1 aromatic heterocycles. The number of ether oxygens (including phenoxy) is 1. The van der Waals surface area contributed by atoms with Gasteiger partial charge in [-0.25, -0.2) is 0 Å². The summed E-state index contributed by atoms with van der Waals surface area (Å²) in [5.74, 6) is -0.390. The van der Waals surface area contributed by atoms with E-state index in [4.69, 9.17) is 4.74 Å². The number of hydrogen-bond donors (Lipinski definition) is 1. The number of anilines is 1. The fourth-order valence-corrected chi connectivity index (χ4v) is 2.92. The van der Waals surface area contributed by atoms with Gasteiger partial charge in [-0.2, -0.15) is 0 Å². The number of nitrogens with zero attached hydrogens (tertiary/aromatic N) is 2. The number of benzene rings is 1. The molecule has 124 valence electrons. The third kappa shape index (κ3) is 3.90. The summed E-state index contributed by atoms with van der Waals surface area (Å²) in [6.07, 6.45) is 3.10. The first-order valence-electron chi connectivity index (χ1n) is 7.53. The lowest BCUT2D eigenvalue weighted by Gasteiger charge is -2.27. The van der Waals surface area contributed by atoms with Crippen LogP contribution >= 0.6 is 22.6 Å². The van der Waals surface area contributed by atoms with Crippen LogP contribution in [-0.2, 0) is 4.74 Å². The molecule has 1 aliphatic rings. The number of halogens is 1. The minimum atomic E-state index is -0.291. The molecular weight excluding hydrogens is 421 g/mol. The number of nitrogens with one attached hydrogen (secondary N) is 1. The molecule has 2 aromatic rings. The Kier molecular flexibility index (Phi) is 5.41. The zero-order chi connectivity index (χ0) is 16.9. The summed E-state index contributed by atoms with van der Waals surface area (Å²) in [6, 6.07) is 8.78. The van der Waals surface area contributed by atoms with Crippen molar-refractivity contribution in [3.05, 3.63) is 57.4 Å². The Morgan fingerprint density at radius 2 is 2.00 bits per heavy atom. The maximum absolute atomic E-state index is 12.8. The second-order valence-electron chi connectivity index (χ2n) is 5.29. The van der Waals surface area contributed by atoms with Gasteiger partial charge in [0.25, 0.3) is 11.8 Å². The lowest BCUT2D eigenvalue weighted by Crippen LogP contribution is -2.41. The van der Waals surface area contributed by atoms with Crippen molar-refractivity contribution < 1.29 is 14.3 Å². The predicted molar refractivity (Wildman–Crippen MR) is 98.1 cm³/mol. The van der Waals surface area contributed by atoms with Crippen molar-refractivity contribution in [3.8, 4) is 0 Å². The first-order valence-corrected chi connectivity index (χ1v) is 8.61. The van der Waals surface area contributed by atoms with Crippen LogP contribution < -0.4 is 5.32 Å². The average molecular weight is 437 g/mol. The molecule has 1 aliphatic heterocycles. The summed E-state index contributed by atoms with van der Waals surface area (Å²) in [5.41, 5.74) is 1.43. The van der Waals surface area contributed by atoms with Gasteiger partial charge >= 0.3 is 0 Å². The van der Waals surface area contributed by atoms with Crippen molar-refractivity contribution in [2.24, 2.45) is 0 Å². The lowest BCUT2D eigenvalue weighted by molar-refractivity contribution is 0.0303. The SMILES string of the molecule is O=C(Nc1ccc(I)cc1C(=O)N1CCOCC1)c1cccnc1. The number of pyridine rings is 1. The van der Waals surface area contributed by atoms with E-state index in [1.807, 2.05) is 6.07 Å². The monoisotopic (exact) mass is 437 g/mol. The summed E-state index contributed by atoms with van der Waals surface area (Å²) in [4.78, 5) is 30.8. The van der Waals surface area contributed by atoms with E-state index < -0.39 is 0 Å². The van der Waals surface area contributed by atoms with Crippen molar-refractivity contribution in [1.82, 2.24) is 9.88 Å².